The van der Waals surface area contributed by atoms with Crippen LogP contribution in [0.4, 0.5) is 11.4 Å². The van der Waals surface area contributed by atoms with Crippen LogP contribution in [0.2, 0.25) is 18.1 Å². The topological polar surface area (TPSA) is 116 Å². The van der Waals surface area contributed by atoms with Gasteiger partial charge in [-0.25, -0.2) is 0 Å². The van der Waals surface area contributed by atoms with Gasteiger partial charge in [0.2, 0.25) is 0 Å². The third kappa shape index (κ3) is 7.46. The lowest BCUT2D eigenvalue weighted by atomic mass is 10.2. The molecular formula is C20H26Br2N2O6Si. The van der Waals surface area contributed by atoms with Gasteiger partial charge in [0.15, 0.2) is 8.32 Å². The maximum absolute atomic E-state index is 11.0. The highest BCUT2D eigenvalue weighted by Crippen LogP contribution is 2.38. The lowest BCUT2D eigenvalue weighted by molar-refractivity contribution is -0.386. The van der Waals surface area contributed by atoms with Crippen molar-refractivity contribution in [3.63, 3.8) is 0 Å². The number of hydrogen-bond acceptors (Lipinski definition) is 6. The van der Waals surface area contributed by atoms with Gasteiger partial charge in [-0.1, -0.05) is 64.8 Å². The predicted molar refractivity (Wildman–Crippen MR) is 130 cm³/mol. The highest BCUT2D eigenvalue weighted by molar-refractivity contribution is 9.10. The summed E-state index contributed by atoms with van der Waals surface area (Å²) in [5.41, 5.74) is 0.958. The number of aliphatic hydroxyl groups excluding tert-OH is 1. The maximum atomic E-state index is 11.0. The summed E-state index contributed by atoms with van der Waals surface area (Å²) in [7, 11) is -1.91. The Kier molecular flexibility index (Phi) is 9.96. The van der Waals surface area contributed by atoms with E-state index in [0.717, 1.165) is 4.47 Å². The minimum Gasteiger partial charge on any atom is -0.412 e. The minimum absolute atomic E-state index is 0.0631. The molecule has 0 radical (unpaired) electrons. The van der Waals surface area contributed by atoms with E-state index in [1.807, 2.05) is 0 Å². The summed E-state index contributed by atoms with van der Waals surface area (Å²) in [6.07, 6.45) is 0. The normalized spacial score (nSPS) is 11.5. The number of benzene rings is 2. The Hall–Kier alpha value is -1.66. The third-order valence-electron chi connectivity index (χ3n) is 5.12. The molecular weight excluding hydrogens is 552 g/mol. The van der Waals surface area contributed by atoms with Crippen molar-refractivity contribution in [2.75, 3.05) is 0 Å². The summed E-state index contributed by atoms with van der Waals surface area (Å²) in [6, 6.07) is 9.54. The van der Waals surface area contributed by atoms with E-state index in [1.165, 1.54) is 12.1 Å². The van der Waals surface area contributed by atoms with Crippen molar-refractivity contribution in [2.24, 2.45) is 0 Å². The second-order valence-corrected chi connectivity index (χ2v) is 14.7. The number of nitrogens with zero attached hydrogens (tertiary/aromatic N) is 2. The van der Waals surface area contributed by atoms with Crippen LogP contribution >= 0.6 is 31.9 Å². The van der Waals surface area contributed by atoms with Gasteiger partial charge >= 0.3 is 0 Å². The van der Waals surface area contributed by atoms with Crippen molar-refractivity contribution in [1.29, 1.82) is 0 Å². The monoisotopic (exact) mass is 576 g/mol. The zero-order valence-electron chi connectivity index (χ0n) is 18.0. The van der Waals surface area contributed by atoms with E-state index in [1.54, 1.807) is 24.3 Å². The fourth-order valence-corrected chi connectivity index (χ4v) is 4.09. The van der Waals surface area contributed by atoms with E-state index in [0.29, 0.717) is 15.6 Å². The maximum Gasteiger partial charge on any atom is 0.276 e. The molecule has 0 unspecified atom stereocenters. The van der Waals surface area contributed by atoms with E-state index in [2.05, 4.69) is 65.7 Å². The molecule has 0 aliphatic heterocycles. The first kappa shape index (κ1) is 27.4. The Labute approximate surface area is 199 Å². The summed E-state index contributed by atoms with van der Waals surface area (Å²) in [4.78, 5) is 20.6. The molecule has 0 aromatic heterocycles. The van der Waals surface area contributed by atoms with Gasteiger partial charge in [-0.3, -0.25) is 20.2 Å². The van der Waals surface area contributed by atoms with Crippen LogP contribution in [0.3, 0.4) is 0 Å². The lowest BCUT2D eigenvalue weighted by Gasteiger charge is -2.36. The van der Waals surface area contributed by atoms with Crippen LogP contribution < -0.4 is 0 Å². The molecule has 0 heterocycles. The highest BCUT2D eigenvalue weighted by atomic mass is 79.9. The molecule has 0 aliphatic rings. The van der Waals surface area contributed by atoms with Crippen molar-refractivity contribution < 1.29 is 19.4 Å². The molecule has 0 saturated heterocycles. The minimum atomic E-state index is -1.91. The van der Waals surface area contributed by atoms with Crippen molar-refractivity contribution >= 4 is 51.6 Å². The van der Waals surface area contributed by atoms with Gasteiger partial charge in [0.25, 0.3) is 11.4 Å². The largest absolute Gasteiger partial charge is 0.412 e. The van der Waals surface area contributed by atoms with Gasteiger partial charge in [0, 0.05) is 21.1 Å². The number of aliphatic hydroxyl groups is 1. The molecule has 2 aromatic carbocycles. The van der Waals surface area contributed by atoms with Crippen LogP contribution in [0.1, 0.15) is 31.9 Å². The van der Waals surface area contributed by atoms with Crippen LogP contribution in [0.15, 0.2) is 45.3 Å². The summed E-state index contributed by atoms with van der Waals surface area (Å²) >= 11 is 6.48. The molecule has 2 aromatic rings. The summed E-state index contributed by atoms with van der Waals surface area (Å²) in [6.45, 7) is 10.6. The van der Waals surface area contributed by atoms with Gasteiger partial charge in [-0.15, -0.1) is 0 Å². The molecule has 2 rings (SSSR count). The van der Waals surface area contributed by atoms with E-state index in [-0.39, 0.29) is 34.6 Å². The van der Waals surface area contributed by atoms with Crippen molar-refractivity contribution in [2.45, 2.75) is 52.1 Å². The molecule has 0 amide bonds. The van der Waals surface area contributed by atoms with Gasteiger partial charge in [0.1, 0.15) is 0 Å². The van der Waals surface area contributed by atoms with E-state index in [4.69, 9.17) is 9.53 Å². The van der Waals surface area contributed by atoms with Crippen molar-refractivity contribution in [3.05, 3.63) is 76.7 Å². The third-order valence-corrected chi connectivity index (χ3v) is 11.1. The van der Waals surface area contributed by atoms with Crippen LogP contribution in [-0.4, -0.2) is 23.3 Å². The average molecular weight is 578 g/mol. The summed E-state index contributed by atoms with van der Waals surface area (Å²) in [5.74, 6) is 0. The Morgan fingerprint density at radius 2 is 1.35 bits per heavy atom. The molecule has 0 spiro atoms. The smallest absolute Gasteiger partial charge is 0.276 e. The van der Waals surface area contributed by atoms with Crippen LogP contribution in [0, 0.1) is 20.2 Å². The van der Waals surface area contributed by atoms with Crippen molar-refractivity contribution in [1.82, 2.24) is 0 Å². The zero-order chi connectivity index (χ0) is 24.0. The fourth-order valence-electron chi connectivity index (χ4n) is 2.21. The molecule has 1 N–H and O–H groups in total. The molecule has 0 fully saturated rings. The standard InChI is InChI=1S/C13H20BrNO3Si.C7H6BrNO3/c1-13(2,3)19(4,5)18-9-10-11(14)7-6-8-12(10)15(16)17;8-6-2-1-3-7(9(11)12)5(6)4-10/h6-8H,9H2,1-5H3;1-3,10H,4H2. The number of rotatable bonds is 6. The van der Waals surface area contributed by atoms with Crippen LogP contribution in [0.25, 0.3) is 0 Å². The molecule has 11 heteroatoms. The average Bonchev–Trinajstić information content (AvgIpc) is 2.66. The molecule has 170 valence electrons. The van der Waals surface area contributed by atoms with E-state index >= 15 is 0 Å². The SMILES string of the molecule is CC(C)(C)[Si](C)(C)OCc1c(Br)cccc1[N+](=O)[O-].O=[N+]([O-])c1cccc(Br)c1CO. The summed E-state index contributed by atoms with van der Waals surface area (Å²) < 4.78 is 7.33. The second kappa shape index (κ2) is 11.3. The number of nitro groups is 2. The Morgan fingerprint density at radius 1 is 0.935 bits per heavy atom. The van der Waals surface area contributed by atoms with E-state index in [9.17, 15) is 20.2 Å². The predicted octanol–water partition coefficient (Wildman–Crippen LogP) is 6.73. The number of hydrogen-bond donors (Lipinski definition) is 1. The number of nitro benzene ring substituents is 2. The lowest BCUT2D eigenvalue weighted by Crippen LogP contribution is -2.40. The molecule has 0 saturated carbocycles. The summed E-state index contributed by atoms with van der Waals surface area (Å²) in [5, 5.41) is 30.3. The molecule has 0 bridgehead atoms. The fraction of sp³-hybridized carbons (Fsp3) is 0.400. The van der Waals surface area contributed by atoms with E-state index < -0.39 is 13.2 Å². The highest BCUT2D eigenvalue weighted by Gasteiger charge is 2.37. The first-order chi connectivity index (χ1) is 14.2. The Balaban J connectivity index is 0.000000343. The second-order valence-electron chi connectivity index (χ2n) is 8.20. The number of halogens is 2. The zero-order valence-corrected chi connectivity index (χ0v) is 22.2. The first-order valence-corrected chi connectivity index (χ1v) is 13.8. The van der Waals surface area contributed by atoms with Gasteiger partial charge in [-0.2, -0.15) is 0 Å². The molecule has 8 nitrogen and oxygen atoms in total. The van der Waals surface area contributed by atoms with Gasteiger partial charge in [-0.05, 0) is 30.3 Å². The van der Waals surface area contributed by atoms with Crippen LogP contribution in [0.5, 0.6) is 0 Å². The molecule has 0 atom stereocenters. The molecule has 31 heavy (non-hydrogen) atoms. The quantitative estimate of drug-likeness (QED) is 0.231. The van der Waals surface area contributed by atoms with Gasteiger partial charge < -0.3 is 9.53 Å². The van der Waals surface area contributed by atoms with Crippen molar-refractivity contribution in [3.8, 4) is 0 Å². The Morgan fingerprint density at radius 3 is 1.71 bits per heavy atom. The Bertz CT molecular complexity index is 948. The first-order valence-electron chi connectivity index (χ1n) is 9.31. The van der Waals surface area contributed by atoms with Gasteiger partial charge in [0.05, 0.1) is 34.2 Å². The van der Waals surface area contributed by atoms with Crippen LogP contribution in [-0.2, 0) is 17.6 Å². The molecule has 0 aliphatic carbocycles.